The Bertz CT molecular complexity index is 2580. The lowest BCUT2D eigenvalue weighted by molar-refractivity contribution is -0.350. The van der Waals surface area contributed by atoms with E-state index in [1.165, 1.54) is 0 Å². The summed E-state index contributed by atoms with van der Waals surface area (Å²) in [6, 6.07) is -5.99. The van der Waals surface area contributed by atoms with Gasteiger partial charge in [0, 0.05) is 25.7 Å². The van der Waals surface area contributed by atoms with Crippen LogP contribution in [0, 0.1) is 0 Å². The van der Waals surface area contributed by atoms with Gasteiger partial charge in [-0.3, -0.25) is 13.7 Å². The summed E-state index contributed by atoms with van der Waals surface area (Å²) in [6.45, 7) is -5.64. The fourth-order valence-electron chi connectivity index (χ4n) is 10.7. The van der Waals surface area contributed by atoms with Crippen molar-refractivity contribution in [2.45, 2.75) is 222 Å². The molecule has 89 heavy (non-hydrogen) atoms. The van der Waals surface area contributed by atoms with E-state index in [9.17, 15) is 90.5 Å². The smallest absolute Gasteiger partial charge is 0.394 e. The molecule has 0 aliphatic carbocycles. The molecule has 0 saturated carbocycles. The number of nitrogens with two attached hydrogens (primary N) is 4. The lowest BCUT2D eigenvalue weighted by atomic mass is 9.96. The minimum Gasteiger partial charge on any atom is -0.394 e. The maximum atomic E-state index is 11.7. The van der Waals surface area contributed by atoms with E-state index in [4.69, 9.17) is 98.5 Å². The SMILES string of the molecule is NC1[C@H](O[C@H]2CO[C@@H](O[C@@H]3C(COS(=O)(=O)O)O[C@@H](O[C@@H]4CO[C@@H](O[C@@H]5C(COS(=O)(=O)O)O[C@H](O)C(N)[C@H]5O)C[C@@H]4O)C(N)[C@H]3O)C[C@@H]2O)OC(CO)[C@@H](O[C@H]2C[C@H](O)[C@H](O[C@@H]3OC(COS(=O)(=O)O)[C@@H](O[C@H]4C[C@H](O)[C@H](O)CO4)[C@H](O)C3N)CO2)[C@@H]1O. The van der Waals surface area contributed by atoms with E-state index >= 15 is 0 Å². The molecule has 8 saturated heterocycles. The van der Waals surface area contributed by atoms with Crippen LogP contribution in [0.15, 0.2) is 0 Å². The van der Waals surface area contributed by atoms with Crippen molar-refractivity contribution < 1.29 is 179 Å². The zero-order valence-corrected chi connectivity index (χ0v) is 49.0. The Hall–Kier alpha value is -1.59. The molecular weight excluding hydrogens is 1290 g/mol. The fourth-order valence-corrected chi connectivity index (χ4v) is 11.7. The Morgan fingerprint density at radius 3 is 0.944 bits per heavy atom. The fraction of sp³-hybridized carbons (Fsp3) is 1.00. The molecule has 0 aromatic rings. The topological polar surface area (TPSA) is 656 Å². The summed E-state index contributed by atoms with van der Waals surface area (Å²) in [5.74, 6) is 0. The molecule has 8 unspecified atom stereocenters. The van der Waals surface area contributed by atoms with Crippen LogP contribution in [0.5, 0.6) is 0 Å². The van der Waals surface area contributed by atoms with Gasteiger partial charge in [0.1, 0.15) is 97.7 Å². The first-order valence-corrected chi connectivity index (χ1v) is 31.7. The third-order valence-electron chi connectivity index (χ3n) is 15.6. The van der Waals surface area contributed by atoms with Crippen molar-refractivity contribution in [3.63, 3.8) is 0 Å². The normalized spacial score (nSPS) is 47.4. The highest BCUT2D eigenvalue weighted by Gasteiger charge is 2.54. The molecule has 8 rings (SSSR count). The lowest BCUT2D eigenvalue weighted by Gasteiger charge is -2.47. The van der Waals surface area contributed by atoms with Crippen molar-refractivity contribution in [1.82, 2.24) is 0 Å². The summed E-state index contributed by atoms with van der Waals surface area (Å²) < 4.78 is 196. The van der Waals surface area contributed by atoms with E-state index in [1.807, 2.05) is 0 Å². The van der Waals surface area contributed by atoms with E-state index in [0.29, 0.717) is 0 Å². The first-order valence-electron chi connectivity index (χ1n) is 27.6. The molecule has 0 aromatic carbocycles. The number of hydrogen-bond donors (Lipinski definition) is 18. The first-order chi connectivity index (χ1) is 41.7. The van der Waals surface area contributed by atoms with Gasteiger partial charge in [0.15, 0.2) is 50.3 Å². The highest BCUT2D eigenvalue weighted by molar-refractivity contribution is 7.81. The maximum absolute atomic E-state index is 11.7. The third kappa shape index (κ3) is 19.3. The minimum atomic E-state index is -5.17. The molecule has 22 N–H and O–H groups in total. The molecule has 520 valence electrons. The standard InChI is InChI=1S/C44H78N4O38S3/c45-29-33(55)38(22(76-41(29)59)10-73-87(60,61)62)85-27-3-16(53)21(9-71-27)80-44-32(48)36(58)40(24(82-44)12-75-89(66,67)68)86-28-4-15(52)19(7-72-28)78-42-30(46)34(56)37(18(5-49)77-42)83-26-2-14(51)20(8-70-26)79-43-31(47)35(57)39(23(81-43)11-74-88(63,64)65)84-25-1-13(50)17(54)6-69-25/h13-44,49-59H,1-12,45-48H2,(H,60,61,62)(H,63,64,65)(H,66,67,68)/t13-,14-,15-,16-,17+,18?,19-,20+,21+,22?,23?,24?,25-,26-,27-,28-,29?,30?,31?,32?,33+,34+,35+,36+,37+,38+,39+,40+,41-,42-,43+,44+/m0/s1. The summed E-state index contributed by atoms with van der Waals surface area (Å²) in [4.78, 5) is 0. The highest BCUT2D eigenvalue weighted by atomic mass is 32.3. The summed E-state index contributed by atoms with van der Waals surface area (Å²) in [6.07, 6.45) is -43.9. The van der Waals surface area contributed by atoms with Crippen LogP contribution in [0.2, 0.25) is 0 Å². The molecular formula is C44H78N4O38S3. The molecule has 8 fully saturated rings. The van der Waals surface area contributed by atoms with E-state index in [0.717, 1.165) is 0 Å². The van der Waals surface area contributed by atoms with Crippen LogP contribution in [0.4, 0.5) is 0 Å². The molecule has 8 heterocycles. The predicted molar refractivity (Wildman–Crippen MR) is 274 cm³/mol. The van der Waals surface area contributed by atoms with Crippen molar-refractivity contribution in [3.8, 4) is 0 Å². The number of rotatable bonds is 24. The van der Waals surface area contributed by atoms with E-state index in [-0.39, 0.29) is 19.4 Å². The van der Waals surface area contributed by atoms with Gasteiger partial charge in [-0.25, -0.2) is 12.5 Å². The van der Waals surface area contributed by atoms with Crippen LogP contribution in [0.25, 0.3) is 0 Å². The minimum absolute atomic E-state index is 0.271. The molecule has 0 bridgehead atoms. The van der Waals surface area contributed by atoms with Gasteiger partial charge in [0.05, 0.1) is 101 Å². The molecule has 0 aromatic heterocycles. The molecule has 32 atom stereocenters. The second-order valence-corrected chi connectivity index (χ2v) is 25.3. The number of ether oxygens (including phenoxy) is 15. The van der Waals surface area contributed by atoms with Crippen LogP contribution < -0.4 is 22.9 Å². The van der Waals surface area contributed by atoms with Crippen molar-refractivity contribution in [2.24, 2.45) is 22.9 Å². The summed E-state index contributed by atoms with van der Waals surface area (Å²) in [7, 11) is -15.3. The van der Waals surface area contributed by atoms with Crippen molar-refractivity contribution in [3.05, 3.63) is 0 Å². The number of aliphatic hydroxyl groups excluding tert-OH is 11. The average molecular weight is 1370 g/mol. The van der Waals surface area contributed by atoms with Gasteiger partial charge in [0.2, 0.25) is 0 Å². The van der Waals surface area contributed by atoms with Crippen LogP contribution in [-0.4, -0.2) is 345 Å². The number of hydrogen-bond acceptors (Lipinski definition) is 39. The molecule has 0 spiro atoms. The van der Waals surface area contributed by atoms with Crippen LogP contribution >= 0.6 is 0 Å². The zero-order valence-electron chi connectivity index (χ0n) is 46.6. The maximum Gasteiger partial charge on any atom is 0.397 e. The monoisotopic (exact) mass is 1370 g/mol. The number of aliphatic hydroxyl groups is 11. The molecule has 8 aliphatic rings. The second kappa shape index (κ2) is 31.1. The van der Waals surface area contributed by atoms with Crippen molar-refractivity contribution in [1.29, 1.82) is 0 Å². The Balaban J connectivity index is 0.807. The molecule has 0 radical (unpaired) electrons. The summed E-state index contributed by atoms with van der Waals surface area (Å²) in [5.41, 5.74) is 24.7. The first kappa shape index (κ1) is 73.2. The Morgan fingerprint density at radius 1 is 0.360 bits per heavy atom. The summed E-state index contributed by atoms with van der Waals surface area (Å²) >= 11 is 0. The van der Waals surface area contributed by atoms with Gasteiger partial charge < -0.3 is 150 Å². The zero-order chi connectivity index (χ0) is 65.2. The largest absolute Gasteiger partial charge is 0.397 e. The van der Waals surface area contributed by atoms with Crippen molar-refractivity contribution >= 4 is 31.2 Å². The quantitative estimate of drug-likeness (QED) is 0.0399. The van der Waals surface area contributed by atoms with Crippen molar-refractivity contribution in [2.75, 3.05) is 52.9 Å². The van der Waals surface area contributed by atoms with Gasteiger partial charge in [-0.05, 0) is 0 Å². The average Bonchev–Trinajstić information content (AvgIpc) is 1.93. The van der Waals surface area contributed by atoms with E-state index in [2.05, 4.69) is 12.5 Å². The van der Waals surface area contributed by atoms with Gasteiger partial charge >= 0.3 is 31.2 Å². The lowest BCUT2D eigenvalue weighted by Crippen LogP contribution is -2.66. The van der Waals surface area contributed by atoms with Gasteiger partial charge in [0.25, 0.3) is 0 Å². The van der Waals surface area contributed by atoms with Gasteiger partial charge in [-0.15, -0.1) is 0 Å². The predicted octanol–water partition coefficient (Wildman–Crippen LogP) is -12.4. The molecule has 45 heteroatoms. The highest BCUT2D eigenvalue weighted by Crippen LogP contribution is 2.36. The van der Waals surface area contributed by atoms with Gasteiger partial charge in [-0.1, -0.05) is 0 Å². The molecule has 8 aliphatic heterocycles. The van der Waals surface area contributed by atoms with Gasteiger partial charge in [-0.2, -0.15) is 25.3 Å². The van der Waals surface area contributed by atoms with E-state index in [1.54, 1.807) is 0 Å². The third-order valence-corrected chi connectivity index (χ3v) is 16.9. The van der Waals surface area contributed by atoms with Crippen LogP contribution in [0.3, 0.4) is 0 Å². The van der Waals surface area contributed by atoms with Crippen LogP contribution in [0.1, 0.15) is 25.7 Å². The molecule has 42 nitrogen and oxygen atoms in total. The Morgan fingerprint density at radius 2 is 0.640 bits per heavy atom. The summed E-state index contributed by atoms with van der Waals surface area (Å²) in [5, 5.41) is 119. The van der Waals surface area contributed by atoms with Crippen LogP contribution in [-0.2, 0) is 115 Å². The second-order valence-electron chi connectivity index (χ2n) is 22.0. The van der Waals surface area contributed by atoms with E-state index < -0.39 is 287 Å². The Kier molecular flexibility index (Phi) is 25.6. The Labute approximate surface area is 506 Å². The molecule has 0 amide bonds.